The molecule has 0 amide bonds. The van der Waals surface area contributed by atoms with Crippen LogP contribution in [0.4, 0.5) is 13.2 Å². The normalized spacial score (nSPS) is 11.9. The van der Waals surface area contributed by atoms with Crippen LogP contribution in [-0.4, -0.2) is 34.1 Å². The molecule has 0 spiro atoms. The molecule has 0 bridgehead atoms. The van der Waals surface area contributed by atoms with Crippen molar-refractivity contribution in [2.45, 2.75) is 18.0 Å². The Morgan fingerprint density at radius 2 is 1.75 bits per heavy atom. The van der Waals surface area contributed by atoms with Gasteiger partial charge in [0.2, 0.25) is 10.0 Å². The summed E-state index contributed by atoms with van der Waals surface area (Å²) in [5.74, 6) is -0.296. The topological polar surface area (TPSA) is 81.7 Å². The molecule has 0 aliphatic heterocycles. The maximum Gasteiger partial charge on any atom is 0.416 e. The second-order valence-corrected chi connectivity index (χ2v) is 7.50. The van der Waals surface area contributed by atoms with Gasteiger partial charge in [-0.05, 0) is 37.3 Å². The summed E-state index contributed by atoms with van der Waals surface area (Å²) >= 11 is 0. The van der Waals surface area contributed by atoms with Gasteiger partial charge in [0.25, 0.3) is 0 Å². The molecule has 0 aromatic heterocycles. The molecule has 0 saturated heterocycles. The van der Waals surface area contributed by atoms with Crippen molar-refractivity contribution in [3.63, 3.8) is 0 Å². The largest absolute Gasteiger partial charge is 0.490 e. The zero-order valence-corrected chi connectivity index (χ0v) is 15.6. The lowest BCUT2D eigenvalue weighted by atomic mass is 10.2. The summed E-state index contributed by atoms with van der Waals surface area (Å²) in [6.45, 7) is 1.16. The van der Waals surface area contributed by atoms with E-state index in [0.717, 1.165) is 23.8 Å². The van der Waals surface area contributed by atoms with Crippen LogP contribution in [-0.2, 0) is 25.7 Å². The molecule has 0 aliphatic carbocycles. The average Bonchev–Trinajstić information content (AvgIpc) is 2.64. The van der Waals surface area contributed by atoms with E-state index in [0.29, 0.717) is 11.8 Å². The quantitative estimate of drug-likeness (QED) is 0.528. The van der Waals surface area contributed by atoms with E-state index in [-0.39, 0.29) is 13.2 Å². The minimum atomic E-state index is -4.68. The van der Waals surface area contributed by atoms with Crippen molar-refractivity contribution in [3.05, 3.63) is 59.7 Å². The number of sulfonamides is 1. The number of benzene rings is 2. The van der Waals surface area contributed by atoms with Crippen molar-refractivity contribution in [3.8, 4) is 5.75 Å². The zero-order valence-electron chi connectivity index (χ0n) is 14.8. The van der Waals surface area contributed by atoms with Crippen molar-refractivity contribution in [1.29, 1.82) is 0 Å². The Morgan fingerprint density at radius 1 is 1.07 bits per heavy atom. The molecule has 2 aromatic carbocycles. The number of aryl methyl sites for hydroxylation is 1. The van der Waals surface area contributed by atoms with Gasteiger partial charge in [0.1, 0.15) is 25.5 Å². The molecule has 0 unspecified atom stereocenters. The van der Waals surface area contributed by atoms with Crippen molar-refractivity contribution < 1.29 is 35.9 Å². The van der Waals surface area contributed by atoms with Crippen molar-refractivity contribution in [2.24, 2.45) is 0 Å². The van der Waals surface area contributed by atoms with Crippen LogP contribution in [0.1, 0.15) is 11.1 Å². The van der Waals surface area contributed by atoms with Gasteiger partial charge in [0.15, 0.2) is 0 Å². The molecule has 0 heterocycles. The molecular weight excluding hydrogens is 399 g/mol. The van der Waals surface area contributed by atoms with Crippen LogP contribution in [0, 0.1) is 6.92 Å². The van der Waals surface area contributed by atoms with Gasteiger partial charge in [0.05, 0.1) is 10.5 Å². The third-order valence-electron chi connectivity index (χ3n) is 3.51. The zero-order chi connectivity index (χ0) is 20.8. The van der Waals surface area contributed by atoms with E-state index in [1.807, 2.05) is 23.8 Å². The fourth-order valence-electron chi connectivity index (χ4n) is 2.08. The summed E-state index contributed by atoms with van der Waals surface area (Å²) in [5.41, 5.74) is -0.0435. The fourth-order valence-corrected chi connectivity index (χ4v) is 3.09. The molecule has 152 valence electrons. The highest BCUT2D eigenvalue weighted by Crippen LogP contribution is 2.30. The molecule has 0 atom stereocenters. The maximum absolute atomic E-state index is 12.7. The number of ether oxygens (including phenoxy) is 2. The Balaban J connectivity index is 1.80. The minimum absolute atomic E-state index is 0.0647. The monoisotopic (exact) mass is 417 g/mol. The molecule has 0 fully saturated rings. The molecule has 0 aliphatic rings. The molecule has 1 N–H and O–H groups in total. The van der Waals surface area contributed by atoms with E-state index in [9.17, 15) is 26.4 Å². The number of hydrogen-bond acceptors (Lipinski definition) is 5. The molecule has 10 heteroatoms. The summed E-state index contributed by atoms with van der Waals surface area (Å²) in [7, 11) is -4.30. The smallest absolute Gasteiger partial charge is 0.416 e. The molecule has 28 heavy (non-hydrogen) atoms. The molecule has 6 nitrogen and oxygen atoms in total. The van der Waals surface area contributed by atoms with Crippen LogP contribution >= 0.6 is 0 Å². The molecule has 0 saturated carbocycles. The van der Waals surface area contributed by atoms with Crippen LogP contribution in [0.2, 0.25) is 0 Å². The standard InChI is InChI=1S/C18H18F3NO5S/c1-13-5-7-15(8-6-13)26-9-10-27-17(23)12-22-28(24,25)16-4-2-3-14(11-16)18(19,20)21/h2-8,11,22H,9-10,12H2,1H3. The first-order chi connectivity index (χ1) is 13.1. The summed E-state index contributed by atoms with van der Waals surface area (Å²) in [6, 6.07) is 10.4. The number of nitrogens with one attached hydrogen (secondary N) is 1. The molecule has 2 aromatic rings. The van der Waals surface area contributed by atoms with Gasteiger partial charge in [-0.1, -0.05) is 23.8 Å². The molecule has 0 radical (unpaired) electrons. The van der Waals surface area contributed by atoms with Gasteiger partial charge >= 0.3 is 12.1 Å². The highest BCUT2D eigenvalue weighted by molar-refractivity contribution is 7.89. The number of alkyl halides is 3. The second-order valence-electron chi connectivity index (χ2n) is 5.73. The van der Waals surface area contributed by atoms with Gasteiger partial charge in [0, 0.05) is 0 Å². The predicted octanol–water partition coefficient (Wildman–Crippen LogP) is 2.91. The van der Waals surface area contributed by atoms with E-state index < -0.39 is 39.2 Å². The Morgan fingerprint density at radius 3 is 2.39 bits per heavy atom. The first-order valence-corrected chi connectivity index (χ1v) is 9.58. The lowest BCUT2D eigenvalue weighted by Crippen LogP contribution is -2.31. The third-order valence-corrected chi connectivity index (χ3v) is 4.91. The number of hydrogen-bond donors (Lipinski definition) is 1. The van der Waals surface area contributed by atoms with E-state index in [4.69, 9.17) is 9.47 Å². The van der Waals surface area contributed by atoms with Crippen molar-refractivity contribution in [2.75, 3.05) is 19.8 Å². The SMILES string of the molecule is Cc1ccc(OCCOC(=O)CNS(=O)(=O)c2cccc(C(F)(F)F)c2)cc1. The van der Waals surface area contributed by atoms with Crippen LogP contribution < -0.4 is 9.46 Å². The number of halogens is 3. The van der Waals surface area contributed by atoms with Crippen LogP contribution in [0.25, 0.3) is 0 Å². The van der Waals surface area contributed by atoms with E-state index in [2.05, 4.69) is 0 Å². The predicted molar refractivity (Wildman–Crippen MR) is 94.3 cm³/mol. The highest BCUT2D eigenvalue weighted by atomic mass is 32.2. The van der Waals surface area contributed by atoms with Crippen LogP contribution in [0.3, 0.4) is 0 Å². The summed E-state index contributed by atoms with van der Waals surface area (Å²) in [5, 5.41) is 0. The Bertz CT molecular complexity index is 912. The third kappa shape index (κ3) is 6.54. The fraction of sp³-hybridized carbons (Fsp3) is 0.278. The van der Waals surface area contributed by atoms with Crippen molar-refractivity contribution >= 4 is 16.0 Å². The van der Waals surface area contributed by atoms with Crippen molar-refractivity contribution in [1.82, 2.24) is 4.72 Å². The number of carbonyl (C=O) groups excluding carboxylic acids is 1. The van der Waals surface area contributed by atoms with Crippen LogP contribution in [0.5, 0.6) is 5.75 Å². The summed E-state index contributed by atoms with van der Waals surface area (Å²) in [6.07, 6.45) is -4.68. The lowest BCUT2D eigenvalue weighted by Gasteiger charge is -2.11. The van der Waals surface area contributed by atoms with Crippen LogP contribution in [0.15, 0.2) is 53.4 Å². The van der Waals surface area contributed by atoms with E-state index in [1.165, 1.54) is 0 Å². The van der Waals surface area contributed by atoms with Gasteiger partial charge < -0.3 is 9.47 Å². The summed E-state index contributed by atoms with van der Waals surface area (Å²) < 4.78 is 74.2. The first-order valence-electron chi connectivity index (χ1n) is 8.10. The van der Waals surface area contributed by atoms with E-state index in [1.54, 1.807) is 12.1 Å². The number of carbonyl (C=O) groups is 1. The Labute approximate surface area is 160 Å². The highest BCUT2D eigenvalue weighted by Gasteiger charge is 2.31. The Hall–Kier alpha value is -2.59. The summed E-state index contributed by atoms with van der Waals surface area (Å²) in [4.78, 5) is 11.0. The van der Waals surface area contributed by atoms with Gasteiger partial charge in [-0.2, -0.15) is 17.9 Å². The average molecular weight is 417 g/mol. The van der Waals surface area contributed by atoms with Gasteiger partial charge in [-0.15, -0.1) is 0 Å². The molecule has 2 rings (SSSR count). The molecular formula is C18H18F3NO5S. The second kappa shape index (κ2) is 9.07. The number of rotatable bonds is 8. The minimum Gasteiger partial charge on any atom is -0.490 e. The maximum atomic E-state index is 12.7. The van der Waals surface area contributed by atoms with Gasteiger partial charge in [-0.25, -0.2) is 8.42 Å². The lowest BCUT2D eigenvalue weighted by molar-refractivity contribution is -0.143. The Kier molecular flexibility index (Phi) is 7.03. The first kappa shape index (κ1) is 21.7. The van der Waals surface area contributed by atoms with E-state index >= 15 is 0 Å². The number of esters is 1. The van der Waals surface area contributed by atoms with Gasteiger partial charge in [-0.3, -0.25) is 4.79 Å².